The Morgan fingerprint density at radius 2 is 1.05 bits per heavy atom. The van der Waals surface area contributed by atoms with E-state index in [-0.39, 0.29) is 37.9 Å². The number of halogens is 9. The maximum absolute atomic E-state index is 13.9. The summed E-state index contributed by atoms with van der Waals surface area (Å²) in [7, 11) is 0. The number of alkyl halides is 9. The van der Waals surface area contributed by atoms with Gasteiger partial charge in [-0.15, -0.1) is 0 Å². The lowest BCUT2D eigenvalue weighted by Crippen LogP contribution is -2.61. The fraction of sp³-hybridized carbons (Fsp3) is 0.400. The van der Waals surface area contributed by atoms with E-state index in [0.717, 1.165) is 16.7 Å². The van der Waals surface area contributed by atoms with E-state index < -0.39 is 74.1 Å². The molecule has 4 aromatic rings. The molecule has 5 atom stereocenters. The average Bonchev–Trinajstić information content (AvgIpc) is 3.17. The van der Waals surface area contributed by atoms with E-state index in [4.69, 9.17) is 28.4 Å². The van der Waals surface area contributed by atoms with Gasteiger partial charge in [-0.25, -0.2) is 0 Å². The molecule has 0 aromatic heterocycles. The van der Waals surface area contributed by atoms with Crippen LogP contribution in [-0.2, 0) is 38.8 Å². The summed E-state index contributed by atoms with van der Waals surface area (Å²) in [4.78, 5) is 0. The van der Waals surface area contributed by atoms with Crippen LogP contribution in [0, 0.1) is 0 Å². The van der Waals surface area contributed by atoms with Crippen molar-refractivity contribution in [3.05, 3.63) is 132 Å². The lowest BCUT2D eigenvalue weighted by Gasteiger charge is -2.44. The number of aliphatic hydroxyl groups is 1. The molecule has 0 bridgehead atoms. The normalized spacial score (nSPS) is 20.8. The highest BCUT2D eigenvalue weighted by Crippen LogP contribution is 2.54. The maximum Gasteiger partial charge on any atom is 0.460 e. The fourth-order valence-electron chi connectivity index (χ4n) is 5.69. The molecule has 1 fully saturated rings. The Morgan fingerprint density at radius 1 is 0.571 bits per heavy atom. The van der Waals surface area contributed by atoms with E-state index in [1.807, 2.05) is 91.0 Å². The van der Waals surface area contributed by atoms with Gasteiger partial charge in [0.25, 0.3) is 0 Å². The Balaban J connectivity index is 1.28. The largest absolute Gasteiger partial charge is 0.494 e. The number of ether oxygens (including phenoxy) is 6. The smallest absolute Gasteiger partial charge is 0.460 e. The topological polar surface area (TPSA) is 75.6 Å². The second kappa shape index (κ2) is 18.7. The molecule has 0 radical (unpaired) electrons. The molecule has 1 N–H and O–H groups in total. The molecule has 304 valence electrons. The van der Waals surface area contributed by atoms with E-state index >= 15 is 0 Å². The van der Waals surface area contributed by atoms with Crippen molar-refractivity contribution in [3.8, 4) is 11.5 Å². The minimum absolute atomic E-state index is 0.0150. The van der Waals surface area contributed by atoms with Gasteiger partial charge < -0.3 is 33.5 Å². The van der Waals surface area contributed by atoms with Crippen molar-refractivity contribution < 1.29 is 73.0 Å². The summed E-state index contributed by atoms with van der Waals surface area (Å²) in [6.07, 6.45) is -15.3. The summed E-state index contributed by atoms with van der Waals surface area (Å²) in [5.74, 6) is -19.1. The summed E-state index contributed by atoms with van der Waals surface area (Å²) in [6.45, 7) is -0.346. The summed E-state index contributed by atoms with van der Waals surface area (Å²) in [5.41, 5.74) is 2.53. The number of aliphatic hydroxyl groups excluding tert-OH is 1. The highest BCUT2D eigenvalue weighted by atomic mass is 19.4. The zero-order chi connectivity index (χ0) is 40.4. The van der Waals surface area contributed by atoms with Crippen LogP contribution in [0.4, 0.5) is 39.5 Å². The number of hydrogen-bond acceptors (Lipinski definition) is 7. The molecule has 1 saturated heterocycles. The van der Waals surface area contributed by atoms with Gasteiger partial charge in [0, 0.05) is 6.42 Å². The van der Waals surface area contributed by atoms with Crippen molar-refractivity contribution in [3.63, 3.8) is 0 Å². The van der Waals surface area contributed by atoms with Crippen molar-refractivity contribution in [2.75, 3.05) is 13.2 Å². The molecule has 0 saturated carbocycles. The second-order valence-electron chi connectivity index (χ2n) is 12.9. The monoisotopic (exact) mass is 802 g/mol. The van der Waals surface area contributed by atoms with Crippen LogP contribution in [0.1, 0.15) is 29.5 Å². The highest BCUT2D eigenvalue weighted by Gasteiger charge is 2.81. The van der Waals surface area contributed by atoms with Gasteiger partial charge in [0.2, 0.25) is 6.29 Å². The third-order valence-corrected chi connectivity index (χ3v) is 8.77. The van der Waals surface area contributed by atoms with Crippen LogP contribution >= 0.6 is 0 Å². The molecule has 1 heterocycles. The van der Waals surface area contributed by atoms with Crippen LogP contribution in [0.2, 0.25) is 0 Å². The van der Waals surface area contributed by atoms with E-state index in [9.17, 15) is 44.6 Å². The molecule has 1 aliphatic rings. The predicted octanol–water partition coefficient (Wildman–Crippen LogP) is 9.17. The number of rotatable bonds is 19. The summed E-state index contributed by atoms with van der Waals surface area (Å²) >= 11 is 0. The van der Waals surface area contributed by atoms with Crippen molar-refractivity contribution in [1.29, 1.82) is 0 Å². The van der Waals surface area contributed by atoms with Crippen LogP contribution in [0.15, 0.2) is 115 Å². The van der Waals surface area contributed by atoms with Crippen molar-refractivity contribution in [1.82, 2.24) is 0 Å². The minimum atomic E-state index is -6.95. The van der Waals surface area contributed by atoms with Gasteiger partial charge in [0.1, 0.15) is 35.9 Å². The highest BCUT2D eigenvalue weighted by molar-refractivity contribution is 5.31. The van der Waals surface area contributed by atoms with Crippen LogP contribution in [0.5, 0.6) is 11.5 Å². The first-order chi connectivity index (χ1) is 26.6. The molecule has 5 rings (SSSR count). The van der Waals surface area contributed by atoms with E-state index in [2.05, 4.69) is 0 Å². The molecular weight excluding hydrogens is 763 g/mol. The van der Waals surface area contributed by atoms with Crippen LogP contribution in [0.25, 0.3) is 0 Å². The van der Waals surface area contributed by atoms with E-state index in [1.54, 1.807) is 0 Å². The average molecular weight is 803 g/mol. The first-order valence-corrected chi connectivity index (χ1v) is 17.4. The number of benzene rings is 4. The zero-order valence-electron chi connectivity index (χ0n) is 29.6. The molecule has 0 amide bonds. The third-order valence-electron chi connectivity index (χ3n) is 8.77. The first-order valence-electron chi connectivity index (χ1n) is 17.4. The van der Waals surface area contributed by atoms with Crippen molar-refractivity contribution >= 4 is 0 Å². The molecule has 0 unspecified atom stereocenters. The van der Waals surface area contributed by atoms with Gasteiger partial charge in [0.05, 0.1) is 33.0 Å². The predicted molar refractivity (Wildman–Crippen MR) is 183 cm³/mol. The fourth-order valence-corrected chi connectivity index (χ4v) is 5.69. The molecule has 1 aliphatic heterocycles. The van der Waals surface area contributed by atoms with Crippen molar-refractivity contribution in [2.24, 2.45) is 0 Å². The van der Waals surface area contributed by atoms with Crippen LogP contribution < -0.4 is 9.47 Å². The lowest BCUT2D eigenvalue weighted by molar-refractivity contribution is -0.396. The van der Waals surface area contributed by atoms with Gasteiger partial charge in [-0.05, 0) is 47.4 Å². The van der Waals surface area contributed by atoms with Gasteiger partial charge in [-0.2, -0.15) is 39.5 Å². The van der Waals surface area contributed by atoms with Crippen LogP contribution in [0.3, 0.4) is 0 Å². The Labute approximate surface area is 316 Å². The quantitative estimate of drug-likeness (QED) is 0.0749. The summed E-state index contributed by atoms with van der Waals surface area (Å²) in [5, 5.41) is 11.6. The maximum atomic E-state index is 13.9. The van der Waals surface area contributed by atoms with Gasteiger partial charge in [0.15, 0.2) is 0 Å². The van der Waals surface area contributed by atoms with Gasteiger partial charge in [-0.1, -0.05) is 91.0 Å². The van der Waals surface area contributed by atoms with E-state index in [1.165, 1.54) is 24.3 Å². The Kier molecular flexibility index (Phi) is 14.3. The molecule has 0 aliphatic carbocycles. The minimum Gasteiger partial charge on any atom is -0.494 e. The molecule has 0 spiro atoms. The first kappa shape index (κ1) is 42.8. The molecular formula is C40H39F9O7. The SMILES string of the molecule is O[C@@H]1[C@H](OCc2ccccc2)[C@@H](OCc2ccccc2)[C@H](Oc2ccc(OCCCC(F)(F)C(F)(F)C(F)(F)C(F)(F)F)cc2)O[C@@H]1COCc1ccccc1. The molecule has 4 aromatic carbocycles. The Morgan fingerprint density at radius 3 is 1.57 bits per heavy atom. The molecule has 16 heteroatoms. The van der Waals surface area contributed by atoms with Crippen molar-refractivity contribution in [2.45, 2.75) is 87.3 Å². The Bertz CT molecular complexity index is 1750. The molecule has 7 nitrogen and oxygen atoms in total. The number of hydrogen-bond donors (Lipinski definition) is 1. The standard InChI is InChI=1S/C40H39F9O7/c41-37(42,38(43,44)39(45,46)40(47,48)49)21-10-22-52-30-17-19-31(20-18-30)55-36-35(54-25-29-15-8-3-9-16-29)34(53-24-28-13-6-2-7-14-28)33(50)32(56-36)26-51-23-27-11-4-1-5-12-27/h1-9,11-20,32-36,50H,10,21-26H2/t32-,33+,34+,35-,36-/m1/s1. The lowest BCUT2D eigenvalue weighted by atomic mass is 9.98. The second-order valence-corrected chi connectivity index (χ2v) is 12.9. The molecule has 56 heavy (non-hydrogen) atoms. The summed E-state index contributed by atoms with van der Waals surface area (Å²) < 4.78 is 155. The van der Waals surface area contributed by atoms with Crippen LogP contribution in [-0.4, -0.2) is 73.0 Å². The Hall–Kier alpha value is -4.35. The van der Waals surface area contributed by atoms with E-state index in [0.29, 0.717) is 0 Å². The zero-order valence-corrected chi connectivity index (χ0v) is 29.6. The summed E-state index contributed by atoms with van der Waals surface area (Å²) in [6, 6.07) is 33.2. The third kappa shape index (κ3) is 10.7. The van der Waals surface area contributed by atoms with Gasteiger partial charge in [-0.3, -0.25) is 0 Å². The van der Waals surface area contributed by atoms with Gasteiger partial charge >= 0.3 is 23.9 Å².